The molecule has 0 aliphatic rings. The van der Waals surface area contributed by atoms with Gasteiger partial charge in [0, 0.05) is 27.7 Å². The van der Waals surface area contributed by atoms with Crippen molar-refractivity contribution in [1.29, 1.82) is 0 Å². The van der Waals surface area contributed by atoms with Crippen molar-refractivity contribution in [2.24, 2.45) is 0 Å². The first-order valence-electron chi connectivity index (χ1n) is 28.6. The van der Waals surface area contributed by atoms with Gasteiger partial charge in [0.1, 0.15) is 34.3 Å². The third-order valence-corrected chi connectivity index (χ3v) is 16.1. The molecule has 0 aliphatic heterocycles. The summed E-state index contributed by atoms with van der Waals surface area (Å²) in [5.41, 5.74) is 22.6. The van der Waals surface area contributed by atoms with Crippen LogP contribution in [0.1, 0.15) is 118 Å². The van der Waals surface area contributed by atoms with Crippen LogP contribution in [0.15, 0.2) is 180 Å². The van der Waals surface area contributed by atoms with Crippen LogP contribution in [0.25, 0.3) is 111 Å². The topological polar surface area (TPSA) is 83.8 Å². The summed E-state index contributed by atoms with van der Waals surface area (Å²) in [6, 6.07) is 62.6. The molecule has 8 nitrogen and oxygen atoms in total. The van der Waals surface area contributed by atoms with Gasteiger partial charge in [0.25, 0.3) is 0 Å². The first kappa shape index (κ1) is 51.3. The smallest absolute Gasteiger partial charge is 0.149 e. The van der Waals surface area contributed by atoms with Gasteiger partial charge in [-0.25, -0.2) is 9.97 Å². The summed E-state index contributed by atoms with van der Waals surface area (Å²) in [6.07, 6.45) is 0. The molecular weight excluding hydrogens is 993 g/mol. The first-order chi connectivity index (χ1) is 39.2. The Morgan fingerprint density at radius 1 is 0.395 bits per heavy atom. The molecular formula is C73H66N6O2. The molecule has 0 spiro atoms. The van der Waals surface area contributed by atoms with Crippen molar-refractivity contribution in [1.82, 2.24) is 29.1 Å². The number of para-hydroxylation sites is 4. The number of aromatic nitrogens is 6. The SMILES string of the molecule is Cc1cc2c(nc(C)c3c4cc(Oc5cccc(-c6nc7ccccc7n6-c6c(C(C)C)cc(-c7ccccc7)cc6C(C)C)c5)cc(-c5nc6ccccc6n5-c5c(C(C)C)cc(-c6ccccc6)cc5C(C)C)c4oc23)c(C)n1. The second-order valence-electron chi connectivity index (χ2n) is 23.1. The predicted octanol–water partition coefficient (Wildman–Crippen LogP) is 20.1. The molecule has 0 atom stereocenters. The van der Waals surface area contributed by atoms with Crippen LogP contribution in [-0.4, -0.2) is 29.1 Å². The highest BCUT2D eigenvalue weighted by Crippen LogP contribution is 2.47. The molecule has 8 heteroatoms. The van der Waals surface area contributed by atoms with Gasteiger partial charge in [0.05, 0.1) is 55.6 Å². The van der Waals surface area contributed by atoms with E-state index in [2.05, 4.69) is 241 Å². The van der Waals surface area contributed by atoms with Gasteiger partial charge >= 0.3 is 0 Å². The van der Waals surface area contributed by atoms with Crippen LogP contribution in [0.5, 0.6) is 11.5 Å². The second-order valence-corrected chi connectivity index (χ2v) is 23.1. The molecule has 13 rings (SSSR count). The van der Waals surface area contributed by atoms with Gasteiger partial charge in [0.15, 0.2) is 0 Å². The summed E-state index contributed by atoms with van der Waals surface area (Å²) in [7, 11) is 0. The van der Waals surface area contributed by atoms with E-state index in [-0.39, 0.29) is 23.7 Å². The second kappa shape index (κ2) is 20.2. The van der Waals surface area contributed by atoms with Crippen molar-refractivity contribution in [2.45, 2.75) is 99.8 Å². The highest BCUT2D eigenvalue weighted by molar-refractivity contribution is 6.18. The van der Waals surface area contributed by atoms with Gasteiger partial charge in [-0.1, -0.05) is 152 Å². The largest absolute Gasteiger partial charge is 0.457 e. The number of ether oxygens (including phenoxy) is 1. The minimum Gasteiger partial charge on any atom is -0.457 e. The fourth-order valence-electron chi connectivity index (χ4n) is 12.3. The van der Waals surface area contributed by atoms with Gasteiger partial charge in [-0.05, 0) is 168 Å². The quantitative estimate of drug-likeness (QED) is 0.121. The summed E-state index contributed by atoms with van der Waals surface area (Å²) in [4.78, 5) is 21.1. The normalized spacial score (nSPS) is 12.1. The summed E-state index contributed by atoms with van der Waals surface area (Å²) in [6.45, 7) is 24.5. The summed E-state index contributed by atoms with van der Waals surface area (Å²) in [5.74, 6) is 3.73. The van der Waals surface area contributed by atoms with Gasteiger partial charge in [-0.2, -0.15) is 0 Å². The Labute approximate surface area is 473 Å². The number of nitrogens with zero attached hydrogens (tertiary/aromatic N) is 6. The Morgan fingerprint density at radius 3 is 1.43 bits per heavy atom. The monoisotopic (exact) mass is 1060 g/mol. The zero-order chi connectivity index (χ0) is 56.0. The van der Waals surface area contributed by atoms with Crippen LogP contribution in [0.2, 0.25) is 0 Å². The molecule has 5 aromatic heterocycles. The van der Waals surface area contributed by atoms with Crippen LogP contribution >= 0.6 is 0 Å². The molecule has 0 saturated carbocycles. The lowest BCUT2D eigenvalue weighted by Crippen LogP contribution is -2.09. The molecule has 0 aliphatic carbocycles. The number of fused-ring (bicyclic) bond motifs is 7. The van der Waals surface area contributed by atoms with Crippen LogP contribution < -0.4 is 4.74 Å². The summed E-state index contributed by atoms with van der Waals surface area (Å²) >= 11 is 0. The molecule has 5 heterocycles. The lowest BCUT2D eigenvalue weighted by Gasteiger charge is -2.24. The zero-order valence-corrected chi connectivity index (χ0v) is 48.1. The number of furan rings is 1. The van der Waals surface area contributed by atoms with Crippen molar-refractivity contribution in [3.05, 3.63) is 215 Å². The Morgan fingerprint density at radius 2 is 0.889 bits per heavy atom. The molecule has 0 radical (unpaired) electrons. The number of benzene rings is 8. The molecule has 0 amide bonds. The highest BCUT2D eigenvalue weighted by Gasteiger charge is 2.29. The number of hydrogen-bond donors (Lipinski definition) is 0. The lowest BCUT2D eigenvalue weighted by atomic mass is 9.88. The Bertz CT molecular complexity index is 4540. The van der Waals surface area contributed by atoms with E-state index in [1.165, 1.54) is 50.2 Å². The maximum absolute atomic E-state index is 7.32. The maximum atomic E-state index is 7.32. The van der Waals surface area contributed by atoms with Crippen LogP contribution in [0, 0.1) is 20.8 Å². The molecule has 0 saturated heterocycles. The number of hydrogen-bond acceptors (Lipinski definition) is 6. The van der Waals surface area contributed by atoms with E-state index in [1.807, 2.05) is 19.9 Å². The lowest BCUT2D eigenvalue weighted by molar-refractivity contribution is 0.483. The van der Waals surface area contributed by atoms with Gasteiger partial charge in [-0.15, -0.1) is 0 Å². The standard InChI is InChI=1S/C73H66N6O2/c1-41(2)55-35-51(48-23-14-12-15-24-48)36-56(42(3)4)68(55)78-64-31-20-18-29-62(64)76-72(78)50-27-22-28-53(34-50)80-54-39-59-66-46(10)75-67-47(11)74-45(9)33-60(67)71(66)81-70(59)61(40-54)73-77-63-30-19-21-32-65(63)79(73)69-57(43(5)6)37-52(38-58(69)44(7)8)49-25-16-13-17-26-49/h12-44H,1-11H3. The zero-order valence-electron chi connectivity index (χ0n) is 48.1. The van der Waals surface area contributed by atoms with Gasteiger partial charge in [-0.3, -0.25) is 19.1 Å². The molecule has 0 fully saturated rings. The summed E-state index contributed by atoms with van der Waals surface area (Å²) in [5, 5.41) is 2.74. The van der Waals surface area contributed by atoms with Crippen molar-refractivity contribution in [3.8, 4) is 67.9 Å². The Balaban J connectivity index is 1.04. The fraction of sp³-hybridized carbons (Fsp3) is 0.205. The average Bonchev–Trinajstić information content (AvgIpc) is 4.39. The van der Waals surface area contributed by atoms with Crippen LogP contribution in [0.4, 0.5) is 0 Å². The number of pyridine rings is 2. The number of rotatable bonds is 12. The molecule has 8 aromatic carbocycles. The van der Waals surface area contributed by atoms with E-state index in [9.17, 15) is 0 Å². The summed E-state index contributed by atoms with van der Waals surface area (Å²) < 4.78 is 19.4. The maximum Gasteiger partial charge on any atom is 0.149 e. The van der Waals surface area contributed by atoms with E-state index in [0.717, 1.165) is 94.9 Å². The predicted molar refractivity (Wildman–Crippen MR) is 335 cm³/mol. The molecule has 0 unspecified atom stereocenters. The fourth-order valence-corrected chi connectivity index (χ4v) is 12.3. The third kappa shape index (κ3) is 8.85. The van der Waals surface area contributed by atoms with Gasteiger partial charge in [0.2, 0.25) is 0 Å². The van der Waals surface area contributed by atoms with Crippen molar-refractivity contribution < 1.29 is 9.15 Å². The van der Waals surface area contributed by atoms with Crippen molar-refractivity contribution in [2.75, 3.05) is 0 Å². The van der Waals surface area contributed by atoms with Crippen LogP contribution in [-0.2, 0) is 0 Å². The van der Waals surface area contributed by atoms with E-state index < -0.39 is 0 Å². The van der Waals surface area contributed by atoms with Crippen molar-refractivity contribution in [3.63, 3.8) is 0 Å². The molecule has 0 bridgehead atoms. The Kier molecular flexibility index (Phi) is 12.8. The minimum absolute atomic E-state index is 0.180. The third-order valence-electron chi connectivity index (χ3n) is 16.1. The molecule has 13 aromatic rings. The molecule has 400 valence electrons. The highest BCUT2D eigenvalue weighted by atomic mass is 16.5. The Hall–Kier alpha value is -9.14. The molecule has 81 heavy (non-hydrogen) atoms. The average molecular weight is 1060 g/mol. The number of imidazole rings is 2. The van der Waals surface area contributed by atoms with E-state index in [1.54, 1.807) is 0 Å². The first-order valence-corrected chi connectivity index (χ1v) is 28.6. The van der Waals surface area contributed by atoms with E-state index >= 15 is 0 Å². The number of aryl methyl sites for hydroxylation is 3. The van der Waals surface area contributed by atoms with E-state index in [4.69, 9.17) is 29.1 Å². The van der Waals surface area contributed by atoms with Gasteiger partial charge < -0.3 is 9.15 Å². The minimum atomic E-state index is 0.180. The van der Waals surface area contributed by atoms with E-state index in [0.29, 0.717) is 17.1 Å². The van der Waals surface area contributed by atoms with Crippen LogP contribution in [0.3, 0.4) is 0 Å². The molecule has 0 N–H and O–H groups in total. The van der Waals surface area contributed by atoms with Crippen molar-refractivity contribution >= 4 is 54.9 Å².